The molecular formula is C11H20N2O. The quantitative estimate of drug-likeness (QED) is 0.733. The molecule has 0 spiro atoms. The van der Waals surface area contributed by atoms with Crippen molar-refractivity contribution >= 4 is 5.91 Å². The van der Waals surface area contributed by atoms with Gasteiger partial charge in [-0.15, -0.1) is 0 Å². The number of hydrogen-bond donors (Lipinski definition) is 1. The molecule has 0 aromatic carbocycles. The van der Waals surface area contributed by atoms with Crippen LogP contribution in [0.25, 0.3) is 0 Å². The molecular weight excluding hydrogens is 176 g/mol. The average Bonchev–Trinajstić information content (AvgIpc) is 2.24. The number of amides is 1. The fourth-order valence-corrected chi connectivity index (χ4v) is 1.13. The number of carbonyl (C=O) groups excluding carboxylic acids is 1. The van der Waals surface area contributed by atoms with Crippen LogP contribution in [0.5, 0.6) is 0 Å². The van der Waals surface area contributed by atoms with E-state index >= 15 is 0 Å². The van der Waals surface area contributed by atoms with Gasteiger partial charge in [0.05, 0.1) is 6.07 Å². The molecule has 0 bridgehead atoms. The maximum atomic E-state index is 11.7. The van der Waals surface area contributed by atoms with E-state index in [9.17, 15) is 4.79 Å². The summed E-state index contributed by atoms with van der Waals surface area (Å²) in [6, 6.07) is 2.27. The maximum absolute atomic E-state index is 11.7. The van der Waals surface area contributed by atoms with Gasteiger partial charge < -0.3 is 5.32 Å². The Bertz CT molecular complexity index is 228. The van der Waals surface area contributed by atoms with Crippen LogP contribution >= 0.6 is 0 Å². The molecule has 0 aliphatic heterocycles. The second-order valence-electron chi connectivity index (χ2n) is 3.78. The number of nitriles is 1. The van der Waals surface area contributed by atoms with Gasteiger partial charge in [-0.25, -0.2) is 0 Å². The van der Waals surface area contributed by atoms with E-state index in [1.807, 2.05) is 20.8 Å². The van der Waals surface area contributed by atoms with Crippen molar-refractivity contribution in [1.82, 2.24) is 5.32 Å². The van der Waals surface area contributed by atoms with E-state index in [1.54, 1.807) is 6.92 Å². The zero-order chi connectivity index (χ0) is 11.2. The van der Waals surface area contributed by atoms with E-state index in [4.69, 9.17) is 5.26 Å². The van der Waals surface area contributed by atoms with E-state index in [1.165, 1.54) is 0 Å². The van der Waals surface area contributed by atoms with Gasteiger partial charge in [0, 0.05) is 6.04 Å². The highest BCUT2D eigenvalue weighted by Crippen LogP contribution is 2.20. The zero-order valence-corrected chi connectivity index (χ0v) is 9.55. The lowest BCUT2D eigenvalue weighted by Gasteiger charge is -2.22. The molecule has 0 radical (unpaired) electrons. The van der Waals surface area contributed by atoms with E-state index in [2.05, 4.69) is 11.4 Å². The first-order valence-corrected chi connectivity index (χ1v) is 5.26. The molecule has 3 heteroatoms. The van der Waals surface area contributed by atoms with Crippen molar-refractivity contribution in [1.29, 1.82) is 5.26 Å². The van der Waals surface area contributed by atoms with Gasteiger partial charge in [-0.3, -0.25) is 4.79 Å². The van der Waals surface area contributed by atoms with Crippen LogP contribution in [0.4, 0.5) is 0 Å². The summed E-state index contributed by atoms with van der Waals surface area (Å²) >= 11 is 0. The van der Waals surface area contributed by atoms with Crippen LogP contribution in [0.1, 0.15) is 47.0 Å². The predicted molar refractivity (Wildman–Crippen MR) is 56.5 cm³/mol. The van der Waals surface area contributed by atoms with Crippen molar-refractivity contribution in [2.24, 2.45) is 5.41 Å². The lowest BCUT2D eigenvalue weighted by atomic mass is 9.88. The molecule has 0 rings (SSSR count). The molecule has 0 heterocycles. The molecule has 14 heavy (non-hydrogen) atoms. The maximum Gasteiger partial charge on any atom is 0.240 e. The summed E-state index contributed by atoms with van der Waals surface area (Å²) in [5.74, 6) is -0.142. The van der Waals surface area contributed by atoms with Gasteiger partial charge >= 0.3 is 0 Å². The van der Waals surface area contributed by atoms with Crippen molar-refractivity contribution in [2.45, 2.75) is 53.0 Å². The summed E-state index contributed by atoms with van der Waals surface area (Å²) in [5.41, 5.74) is -0.872. The summed E-state index contributed by atoms with van der Waals surface area (Å²) in [4.78, 5) is 11.7. The normalized spacial score (nSPS) is 14.6. The first-order valence-electron chi connectivity index (χ1n) is 5.26. The summed E-state index contributed by atoms with van der Waals surface area (Å²) in [6.07, 6.45) is 2.37. The molecule has 80 valence electrons. The van der Waals surface area contributed by atoms with Crippen molar-refractivity contribution in [3.8, 4) is 6.07 Å². The Morgan fingerprint density at radius 2 is 1.93 bits per heavy atom. The summed E-state index contributed by atoms with van der Waals surface area (Å²) in [6.45, 7) is 7.61. The van der Waals surface area contributed by atoms with Crippen molar-refractivity contribution in [3.05, 3.63) is 0 Å². The third-order valence-corrected chi connectivity index (χ3v) is 2.78. The molecule has 0 saturated heterocycles. The SMILES string of the molecule is CCC(CC)NC(=O)C(C)(C#N)CC. The smallest absolute Gasteiger partial charge is 0.240 e. The summed E-state index contributed by atoms with van der Waals surface area (Å²) in [5, 5.41) is 11.8. The fraction of sp³-hybridized carbons (Fsp3) is 0.818. The Morgan fingerprint density at radius 3 is 2.21 bits per heavy atom. The van der Waals surface area contributed by atoms with E-state index in [0.29, 0.717) is 6.42 Å². The highest BCUT2D eigenvalue weighted by molar-refractivity contribution is 5.85. The second-order valence-corrected chi connectivity index (χ2v) is 3.78. The van der Waals surface area contributed by atoms with Crippen LogP contribution in [0.3, 0.4) is 0 Å². The number of nitrogens with one attached hydrogen (secondary N) is 1. The summed E-state index contributed by atoms with van der Waals surface area (Å²) < 4.78 is 0. The molecule has 0 aliphatic rings. The standard InChI is InChI=1S/C11H20N2O/c1-5-9(6-2)13-10(14)11(4,7-3)8-12/h9H,5-7H2,1-4H3,(H,13,14). The van der Waals surface area contributed by atoms with Crippen LogP contribution in [0.2, 0.25) is 0 Å². The Morgan fingerprint density at radius 1 is 1.43 bits per heavy atom. The van der Waals surface area contributed by atoms with Crippen molar-refractivity contribution < 1.29 is 4.79 Å². The number of nitrogens with zero attached hydrogens (tertiary/aromatic N) is 1. The molecule has 3 nitrogen and oxygen atoms in total. The molecule has 0 saturated carbocycles. The van der Waals surface area contributed by atoms with Crippen LogP contribution in [0.15, 0.2) is 0 Å². The largest absolute Gasteiger partial charge is 0.352 e. The van der Waals surface area contributed by atoms with Crippen LogP contribution in [-0.4, -0.2) is 11.9 Å². The number of carbonyl (C=O) groups is 1. The molecule has 0 fully saturated rings. The number of hydrogen-bond acceptors (Lipinski definition) is 2. The lowest BCUT2D eigenvalue weighted by molar-refractivity contribution is -0.128. The minimum Gasteiger partial charge on any atom is -0.352 e. The Balaban J connectivity index is 4.40. The molecule has 1 N–H and O–H groups in total. The van der Waals surface area contributed by atoms with E-state index in [0.717, 1.165) is 12.8 Å². The molecule has 1 atom stereocenters. The van der Waals surface area contributed by atoms with Gasteiger partial charge in [-0.2, -0.15) is 5.26 Å². The minimum atomic E-state index is -0.872. The molecule has 0 aromatic rings. The Labute approximate surface area is 86.5 Å². The van der Waals surface area contributed by atoms with Gasteiger partial charge in [0.2, 0.25) is 5.91 Å². The Hall–Kier alpha value is -1.04. The topological polar surface area (TPSA) is 52.9 Å². The van der Waals surface area contributed by atoms with Gasteiger partial charge in [-0.05, 0) is 26.2 Å². The van der Waals surface area contributed by atoms with E-state index < -0.39 is 5.41 Å². The van der Waals surface area contributed by atoms with Gasteiger partial charge in [0.25, 0.3) is 0 Å². The highest BCUT2D eigenvalue weighted by atomic mass is 16.2. The molecule has 1 amide bonds. The first kappa shape index (κ1) is 13.0. The second kappa shape index (κ2) is 5.64. The number of rotatable bonds is 5. The zero-order valence-electron chi connectivity index (χ0n) is 9.55. The fourth-order valence-electron chi connectivity index (χ4n) is 1.13. The molecule has 0 aromatic heterocycles. The van der Waals surface area contributed by atoms with Crippen molar-refractivity contribution in [2.75, 3.05) is 0 Å². The molecule has 0 aliphatic carbocycles. The van der Waals surface area contributed by atoms with Crippen LogP contribution in [-0.2, 0) is 4.79 Å². The van der Waals surface area contributed by atoms with E-state index in [-0.39, 0.29) is 11.9 Å². The first-order chi connectivity index (χ1) is 6.53. The third kappa shape index (κ3) is 3.02. The summed E-state index contributed by atoms with van der Waals surface area (Å²) in [7, 11) is 0. The van der Waals surface area contributed by atoms with Crippen LogP contribution < -0.4 is 5.32 Å². The third-order valence-electron chi connectivity index (χ3n) is 2.78. The van der Waals surface area contributed by atoms with Gasteiger partial charge in [-0.1, -0.05) is 20.8 Å². The van der Waals surface area contributed by atoms with Crippen molar-refractivity contribution in [3.63, 3.8) is 0 Å². The monoisotopic (exact) mass is 196 g/mol. The highest BCUT2D eigenvalue weighted by Gasteiger charge is 2.31. The predicted octanol–water partition coefficient (Wildman–Crippen LogP) is 2.23. The van der Waals surface area contributed by atoms with Crippen LogP contribution in [0, 0.1) is 16.7 Å². The van der Waals surface area contributed by atoms with Gasteiger partial charge in [0.15, 0.2) is 0 Å². The lowest BCUT2D eigenvalue weighted by Crippen LogP contribution is -2.43. The minimum absolute atomic E-state index is 0.142. The average molecular weight is 196 g/mol. The Kier molecular flexibility index (Phi) is 5.22. The molecule has 1 unspecified atom stereocenters. The van der Waals surface area contributed by atoms with Gasteiger partial charge in [0.1, 0.15) is 5.41 Å².